The van der Waals surface area contributed by atoms with Gasteiger partial charge in [0, 0.05) is 17.3 Å². The topological polar surface area (TPSA) is 111 Å². The van der Waals surface area contributed by atoms with Crippen LogP contribution in [0.4, 0.5) is 11.4 Å². The molecule has 0 bridgehead atoms. The number of benzene rings is 2. The predicted octanol–water partition coefficient (Wildman–Crippen LogP) is 2.92. The van der Waals surface area contributed by atoms with Crippen molar-refractivity contribution in [3.8, 4) is 5.75 Å². The summed E-state index contributed by atoms with van der Waals surface area (Å²) in [5, 5.41) is 16.1. The number of ether oxygens (including phenoxy) is 1. The second-order valence-electron chi connectivity index (χ2n) is 5.82. The van der Waals surface area contributed by atoms with Crippen LogP contribution in [0.5, 0.6) is 5.75 Å². The van der Waals surface area contributed by atoms with Gasteiger partial charge in [0.05, 0.1) is 18.6 Å². The summed E-state index contributed by atoms with van der Waals surface area (Å²) in [4.78, 5) is 34.5. The van der Waals surface area contributed by atoms with Crippen LogP contribution in [0.2, 0.25) is 0 Å². The average Bonchev–Trinajstić information content (AvgIpc) is 2.67. The van der Waals surface area contributed by atoms with Crippen molar-refractivity contribution in [3.05, 3.63) is 63.7 Å². The Balaban J connectivity index is 1.93. The summed E-state index contributed by atoms with van der Waals surface area (Å²) in [5.74, 6) is -0.926. The van der Waals surface area contributed by atoms with E-state index in [0.717, 1.165) is 18.9 Å². The van der Waals surface area contributed by atoms with E-state index in [1.165, 1.54) is 24.8 Å². The number of nitrogens with one attached hydrogen (secondary N) is 2. The molecule has 0 saturated heterocycles. The van der Waals surface area contributed by atoms with Gasteiger partial charge in [-0.2, -0.15) is 0 Å². The summed E-state index contributed by atoms with van der Waals surface area (Å²) in [7, 11) is 1.31. The van der Waals surface area contributed by atoms with Crippen molar-refractivity contribution in [1.82, 2.24) is 5.32 Å². The minimum Gasteiger partial charge on any atom is -0.490 e. The highest BCUT2D eigenvalue weighted by Crippen LogP contribution is 2.27. The maximum absolute atomic E-state index is 12.1. The number of rotatable bonds is 8. The number of hydrogen-bond acceptors (Lipinski definition) is 5. The molecule has 2 rings (SSSR count). The lowest BCUT2D eigenvalue weighted by Gasteiger charge is -2.08. The molecule has 8 heteroatoms. The van der Waals surface area contributed by atoms with Crippen molar-refractivity contribution in [1.29, 1.82) is 0 Å². The van der Waals surface area contributed by atoms with Crippen molar-refractivity contribution in [2.45, 2.75) is 19.8 Å². The van der Waals surface area contributed by atoms with Crippen LogP contribution in [0.3, 0.4) is 0 Å². The number of amides is 2. The Hall–Kier alpha value is -3.42. The average molecular weight is 371 g/mol. The molecule has 2 aromatic rings. The Labute approximate surface area is 156 Å². The highest BCUT2D eigenvalue weighted by molar-refractivity contribution is 5.99. The number of anilines is 1. The summed E-state index contributed by atoms with van der Waals surface area (Å²) in [5.41, 5.74) is 1.57. The largest absolute Gasteiger partial charge is 0.490 e. The second-order valence-corrected chi connectivity index (χ2v) is 5.82. The molecule has 8 nitrogen and oxygen atoms in total. The Bertz CT molecular complexity index is 834. The van der Waals surface area contributed by atoms with Crippen molar-refractivity contribution in [2.24, 2.45) is 0 Å². The molecule has 2 aromatic carbocycles. The van der Waals surface area contributed by atoms with Crippen LogP contribution in [0.1, 0.15) is 29.3 Å². The van der Waals surface area contributed by atoms with Crippen LogP contribution in [-0.4, -0.2) is 30.4 Å². The van der Waals surface area contributed by atoms with E-state index >= 15 is 0 Å². The summed E-state index contributed by atoms with van der Waals surface area (Å²) >= 11 is 0. The zero-order chi connectivity index (χ0) is 19.8. The lowest BCUT2D eigenvalue weighted by Crippen LogP contribution is -2.32. The second kappa shape index (κ2) is 9.33. The van der Waals surface area contributed by atoms with Gasteiger partial charge in [-0.1, -0.05) is 25.5 Å². The molecule has 27 heavy (non-hydrogen) atoms. The molecule has 0 aromatic heterocycles. The van der Waals surface area contributed by atoms with E-state index in [0.29, 0.717) is 5.69 Å². The van der Waals surface area contributed by atoms with Crippen molar-refractivity contribution >= 4 is 23.2 Å². The van der Waals surface area contributed by atoms with E-state index in [1.807, 2.05) is 12.1 Å². The van der Waals surface area contributed by atoms with Crippen LogP contribution in [0, 0.1) is 10.1 Å². The Morgan fingerprint density at radius 1 is 1.15 bits per heavy atom. The van der Waals surface area contributed by atoms with Gasteiger partial charge in [0.2, 0.25) is 5.91 Å². The fourth-order valence-corrected chi connectivity index (χ4v) is 2.49. The summed E-state index contributed by atoms with van der Waals surface area (Å²) in [6.45, 7) is 1.84. The van der Waals surface area contributed by atoms with Gasteiger partial charge in [0.15, 0.2) is 5.75 Å². The van der Waals surface area contributed by atoms with E-state index in [4.69, 9.17) is 4.74 Å². The Morgan fingerprint density at radius 2 is 1.85 bits per heavy atom. The molecule has 0 spiro atoms. The zero-order valence-electron chi connectivity index (χ0n) is 15.2. The fraction of sp³-hybridized carbons (Fsp3) is 0.263. The summed E-state index contributed by atoms with van der Waals surface area (Å²) < 4.78 is 4.89. The maximum Gasteiger partial charge on any atom is 0.311 e. The number of nitrogens with zero attached hydrogens (tertiary/aromatic N) is 1. The third-order valence-corrected chi connectivity index (χ3v) is 3.82. The molecule has 0 unspecified atom stereocenters. The fourth-order valence-electron chi connectivity index (χ4n) is 2.49. The van der Waals surface area contributed by atoms with Crippen LogP contribution in [0.25, 0.3) is 0 Å². The van der Waals surface area contributed by atoms with Crippen LogP contribution in [-0.2, 0) is 11.2 Å². The molecule has 0 fully saturated rings. The first-order valence-corrected chi connectivity index (χ1v) is 8.44. The summed E-state index contributed by atoms with van der Waals surface area (Å²) in [6.07, 6.45) is 2.01. The lowest BCUT2D eigenvalue weighted by molar-refractivity contribution is -0.385. The van der Waals surface area contributed by atoms with Crippen molar-refractivity contribution in [2.75, 3.05) is 19.0 Å². The van der Waals surface area contributed by atoms with E-state index in [2.05, 4.69) is 17.6 Å². The van der Waals surface area contributed by atoms with Crippen LogP contribution >= 0.6 is 0 Å². The number of nitro groups is 1. The number of carbonyl (C=O) groups excluding carboxylic acids is 2. The van der Waals surface area contributed by atoms with Gasteiger partial charge in [-0.05, 0) is 36.2 Å². The van der Waals surface area contributed by atoms with Gasteiger partial charge >= 0.3 is 5.69 Å². The van der Waals surface area contributed by atoms with E-state index in [9.17, 15) is 19.7 Å². The number of carbonyl (C=O) groups is 2. The molecule has 0 radical (unpaired) electrons. The molecular weight excluding hydrogens is 350 g/mol. The molecule has 0 saturated carbocycles. The van der Waals surface area contributed by atoms with E-state index in [1.54, 1.807) is 12.1 Å². The van der Waals surface area contributed by atoms with Crippen LogP contribution < -0.4 is 15.4 Å². The number of aryl methyl sites for hydroxylation is 1. The molecule has 0 aliphatic carbocycles. The van der Waals surface area contributed by atoms with E-state index in [-0.39, 0.29) is 23.5 Å². The number of hydrogen-bond donors (Lipinski definition) is 2. The highest BCUT2D eigenvalue weighted by atomic mass is 16.6. The quantitative estimate of drug-likeness (QED) is 0.547. The highest BCUT2D eigenvalue weighted by Gasteiger charge is 2.18. The van der Waals surface area contributed by atoms with Gasteiger partial charge in [-0.3, -0.25) is 19.7 Å². The van der Waals surface area contributed by atoms with Gasteiger partial charge in [0.1, 0.15) is 0 Å². The molecule has 0 aliphatic heterocycles. The first-order chi connectivity index (χ1) is 12.9. The maximum atomic E-state index is 12.1. The van der Waals surface area contributed by atoms with E-state index < -0.39 is 16.7 Å². The third kappa shape index (κ3) is 5.53. The summed E-state index contributed by atoms with van der Waals surface area (Å²) in [6, 6.07) is 11.3. The minimum atomic E-state index is -0.634. The Morgan fingerprint density at radius 3 is 2.44 bits per heavy atom. The first kappa shape index (κ1) is 19.9. The molecule has 0 heterocycles. The van der Waals surface area contributed by atoms with Crippen molar-refractivity contribution < 1.29 is 19.2 Å². The smallest absolute Gasteiger partial charge is 0.311 e. The number of methoxy groups -OCH3 is 1. The molecule has 2 N–H and O–H groups in total. The van der Waals surface area contributed by atoms with Gasteiger partial charge in [-0.25, -0.2) is 0 Å². The molecule has 0 atom stereocenters. The standard InChI is InChI=1S/C19H21N3O5/c1-3-4-13-5-8-15(9-6-13)21-18(23)12-20-19(24)14-7-10-17(27-2)16(11-14)22(25)26/h5-11H,3-4,12H2,1-2H3,(H,20,24)(H,21,23). The minimum absolute atomic E-state index is 0.0563. The van der Waals surface area contributed by atoms with Crippen LogP contribution in [0.15, 0.2) is 42.5 Å². The first-order valence-electron chi connectivity index (χ1n) is 8.44. The van der Waals surface area contributed by atoms with Crippen molar-refractivity contribution in [3.63, 3.8) is 0 Å². The SMILES string of the molecule is CCCc1ccc(NC(=O)CNC(=O)c2ccc(OC)c([N+](=O)[O-])c2)cc1. The van der Waals surface area contributed by atoms with Gasteiger partial charge < -0.3 is 15.4 Å². The van der Waals surface area contributed by atoms with Gasteiger partial charge in [-0.15, -0.1) is 0 Å². The molecule has 142 valence electrons. The molecule has 0 aliphatic rings. The third-order valence-electron chi connectivity index (χ3n) is 3.82. The molecule has 2 amide bonds. The number of nitro benzene ring substituents is 1. The monoisotopic (exact) mass is 371 g/mol. The normalized spacial score (nSPS) is 10.1. The predicted molar refractivity (Wildman–Crippen MR) is 101 cm³/mol. The van der Waals surface area contributed by atoms with Gasteiger partial charge in [0.25, 0.3) is 5.91 Å². The Kier molecular flexibility index (Phi) is 6.87. The lowest BCUT2D eigenvalue weighted by atomic mass is 10.1. The molecular formula is C19H21N3O5. The zero-order valence-corrected chi connectivity index (χ0v) is 15.2.